The number of rotatable bonds is 3. The van der Waals surface area contributed by atoms with Crippen LogP contribution in [0.2, 0.25) is 0 Å². The minimum atomic E-state index is 0.414. The Bertz CT molecular complexity index is 384. The molecule has 3 heteroatoms. The highest BCUT2D eigenvalue weighted by atomic mass is 16.3. The first kappa shape index (κ1) is 12.2. The Kier molecular flexibility index (Phi) is 3.89. The summed E-state index contributed by atoms with van der Waals surface area (Å²) < 4.78 is 0. The minimum absolute atomic E-state index is 0.414. The summed E-state index contributed by atoms with van der Waals surface area (Å²) in [7, 11) is 0. The molecule has 0 radical (unpaired) electrons. The van der Waals surface area contributed by atoms with E-state index < -0.39 is 0 Å². The highest BCUT2D eigenvalue weighted by Crippen LogP contribution is 2.28. The van der Waals surface area contributed by atoms with Crippen molar-refractivity contribution in [1.29, 1.82) is 0 Å². The smallest absolute Gasteiger partial charge is 0.123 e. The summed E-state index contributed by atoms with van der Waals surface area (Å²) in [5, 5.41) is 16.7. The van der Waals surface area contributed by atoms with Crippen LogP contribution >= 0.6 is 0 Å². The third kappa shape index (κ3) is 2.91. The van der Waals surface area contributed by atoms with Crippen LogP contribution in [0.1, 0.15) is 24.0 Å². The third-order valence-corrected chi connectivity index (χ3v) is 3.61. The maximum atomic E-state index is 9.87. The topological polar surface area (TPSA) is 44.3 Å². The Morgan fingerprint density at radius 1 is 1.41 bits per heavy atom. The van der Waals surface area contributed by atoms with E-state index in [0.29, 0.717) is 11.7 Å². The van der Waals surface area contributed by atoms with Crippen LogP contribution in [0.25, 0.3) is 0 Å². The minimum Gasteiger partial charge on any atom is -0.507 e. The van der Waals surface area contributed by atoms with Crippen molar-refractivity contribution in [2.75, 3.05) is 25.0 Å². The van der Waals surface area contributed by atoms with Gasteiger partial charge in [0.25, 0.3) is 0 Å². The maximum Gasteiger partial charge on any atom is 0.123 e. The third-order valence-electron chi connectivity index (χ3n) is 3.61. The van der Waals surface area contributed by atoms with Crippen molar-refractivity contribution in [3.63, 3.8) is 0 Å². The van der Waals surface area contributed by atoms with Gasteiger partial charge in [0.2, 0.25) is 0 Å². The van der Waals surface area contributed by atoms with Gasteiger partial charge in [-0.15, -0.1) is 0 Å². The van der Waals surface area contributed by atoms with Gasteiger partial charge >= 0.3 is 0 Å². The maximum absolute atomic E-state index is 9.87. The van der Waals surface area contributed by atoms with Crippen molar-refractivity contribution in [3.05, 3.63) is 23.3 Å². The van der Waals surface area contributed by atoms with Crippen molar-refractivity contribution in [3.8, 4) is 5.75 Å². The van der Waals surface area contributed by atoms with Crippen LogP contribution in [0, 0.1) is 19.8 Å². The molecule has 3 N–H and O–H groups in total. The lowest BCUT2D eigenvalue weighted by Crippen LogP contribution is -2.33. The molecule has 1 aromatic carbocycles. The lowest BCUT2D eigenvalue weighted by molar-refractivity contribution is 0.393. The van der Waals surface area contributed by atoms with Gasteiger partial charge in [0.1, 0.15) is 5.75 Å². The molecule has 1 atom stereocenters. The molecular weight excluding hydrogens is 212 g/mol. The molecule has 1 aromatic rings. The van der Waals surface area contributed by atoms with Crippen molar-refractivity contribution >= 4 is 5.69 Å². The molecule has 2 rings (SSSR count). The zero-order chi connectivity index (χ0) is 12.3. The fourth-order valence-corrected chi connectivity index (χ4v) is 2.38. The number of phenolic OH excluding ortho intramolecular Hbond substituents is 1. The molecular formula is C14H22N2O. The summed E-state index contributed by atoms with van der Waals surface area (Å²) in [6.07, 6.45) is 2.56. The van der Waals surface area contributed by atoms with Crippen LogP contribution in [0.4, 0.5) is 5.69 Å². The van der Waals surface area contributed by atoms with E-state index in [4.69, 9.17) is 0 Å². The second-order valence-corrected chi connectivity index (χ2v) is 5.00. The molecule has 0 aromatic heterocycles. The van der Waals surface area contributed by atoms with Crippen molar-refractivity contribution in [2.45, 2.75) is 26.7 Å². The number of nitrogens with one attached hydrogen (secondary N) is 2. The number of benzene rings is 1. The fourth-order valence-electron chi connectivity index (χ4n) is 2.38. The summed E-state index contributed by atoms with van der Waals surface area (Å²) >= 11 is 0. The number of aromatic hydroxyl groups is 1. The van der Waals surface area contributed by atoms with Crippen molar-refractivity contribution in [2.24, 2.45) is 5.92 Å². The van der Waals surface area contributed by atoms with Crippen molar-refractivity contribution < 1.29 is 5.11 Å². The van der Waals surface area contributed by atoms with Gasteiger partial charge in [-0.1, -0.05) is 6.07 Å². The van der Waals surface area contributed by atoms with Gasteiger partial charge in [0.05, 0.1) is 0 Å². The predicted octanol–water partition coefficient (Wildman–Crippen LogP) is 2.42. The molecule has 3 nitrogen and oxygen atoms in total. The monoisotopic (exact) mass is 234 g/mol. The summed E-state index contributed by atoms with van der Waals surface area (Å²) in [6.45, 7) is 7.13. The van der Waals surface area contributed by atoms with E-state index in [0.717, 1.165) is 36.4 Å². The Morgan fingerprint density at radius 2 is 2.24 bits per heavy atom. The molecule has 1 fully saturated rings. The van der Waals surface area contributed by atoms with Crippen LogP contribution < -0.4 is 10.6 Å². The SMILES string of the molecule is Cc1ccc(NCC2CCCNC2)c(C)c1O. The normalized spacial score (nSPS) is 20.2. The van der Waals surface area contributed by atoms with Crippen LogP contribution in [0.5, 0.6) is 5.75 Å². The Balaban J connectivity index is 1.96. The van der Waals surface area contributed by atoms with Gasteiger partial charge < -0.3 is 15.7 Å². The first-order chi connectivity index (χ1) is 8.18. The molecule has 0 amide bonds. The van der Waals surface area contributed by atoms with E-state index in [1.807, 2.05) is 19.9 Å². The summed E-state index contributed by atoms with van der Waals surface area (Å²) in [5.41, 5.74) is 2.94. The van der Waals surface area contributed by atoms with Gasteiger partial charge in [-0.05, 0) is 57.3 Å². The summed E-state index contributed by atoms with van der Waals surface area (Å²) in [5.74, 6) is 1.11. The van der Waals surface area contributed by atoms with Crippen molar-refractivity contribution in [1.82, 2.24) is 5.32 Å². The van der Waals surface area contributed by atoms with Gasteiger partial charge in [0.15, 0.2) is 0 Å². The Morgan fingerprint density at radius 3 is 2.94 bits per heavy atom. The lowest BCUT2D eigenvalue weighted by atomic mass is 9.99. The highest BCUT2D eigenvalue weighted by molar-refractivity contribution is 5.59. The van der Waals surface area contributed by atoms with Crippen LogP contribution in [-0.4, -0.2) is 24.7 Å². The molecule has 1 heterocycles. The zero-order valence-corrected chi connectivity index (χ0v) is 10.7. The fraction of sp³-hybridized carbons (Fsp3) is 0.571. The van der Waals surface area contributed by atoms with E-state index in [2.05, 4.69) is 16.7 Å². The second kappa shape index (κ2) is 5.41. The standard InChI is InChI=1S/C14H22N2O/c1-10-5-6-13(11(2)14(10)17)16-9-12-4-3-7-15-8-12/h5-6,12,15-17H,3-4,7-9H2,1-2H3. The average molecular weight is 234 g/mol. The molecule has 0 aliphatic carbocycles. The number of hydrogen-bond acceptors (Lipinski definition) is 3. The molecule has 0 saturated carbocycles. The second-order valence-electron chi connectivity index (χ2n) is 5.00. The number of anilines is 1. The van der Waals surface area contributed by atoms with Crippen LogP contribution in [0.3, 0.4) is 0 Å². The van der Waals surface area contributed by atoms with Gasteiger partial charge in [0, 0.05) is 17.8 Å². The molecule has 1 unspecified atom stereocenters. The number of hydrogen-bond donors (Lipinski definition) is 3. The van der Waals surface area contributed by atoms with Gasteiger partial charge in [-0.2, -0.15) is 0 Å². The van der Waals surface area contributed by atoms with E-state index in [-0.39, 0.29) is 0 Å². The first-order valence-corrected chi connectivity index (χ1v) is 6.42. The summed E-state index contributed by atoms with van der Waals surface area (Å²) in [6, 6.07) is 4.02. The van der Waals surface area contributed by atoms with E-state index in [1.165, 1.54) is 12.8 Å². The molecule has 1 aliphatic rings. The quantitative estimate of drug-likeness (QED) is 0.752. The molecule has 1 aliphatic heterocycles. The summed E-state index contributed by atoms with van der Waals surface area (Å²) in [4.78, 5) is 0. The molecule has 17 heavy (non-hydrogen) atoms. The van der Waals surface area contributed by atoms with Crippen LogP contribution in [-0.2, 0) is 0 Å². The number of aryl methyl sites for hydroxylation is 1. The Hall–Kier alpha value is -1.22. The largest absolute Gasteiger partial charge is 0.507 e. The molecule has 0 spiro atoms. The van der Waals surface area contributed by atoms with Gasteiger partial charge in [-0.25, -0.2) is 0 Å². The highest BCUT2D eigenvalue weighted by Gasteiger charge is 2.13. The first-order valence-electron chi connectivity index (χ1n) is 6.42. The average Bonchev–Trinajstić information content (AvgIpc) is 2.36. The number of piperidine rings is 1. The van der Waals surface area contributed by atoms with E-state index in [9.17, 15) is 5.11 Å². The molecule has 94 valence electrons. The van der Waals surface area contributed by atoms with Gasteiger partial charge in [-0.3, -0.25) is 0 Å². The van der Waals surface area contributed by atoms with E-state index >= 15 is 0 Å². The molecule has 1 saturated heterocycles. The van der Waals surface area contributed by atoms with Crippen LogP contribution in [0.15, 0.2) is 12.1 Å². The molecule has 0 bridgehead atoms. The zero-order valence-electron chi connectivity index (χ0n) is 10.7. The lowest BCUT2D eigenvalue weighted by Gasteiger charge is -2.24. The Labute approximate surface area is 103 Å². The van der Waals surface area contributed by atoms with E-state index in [1.54, 1.807) is 0 Å². The predicted molar refractivity (Wildman–Crippen MR) is 71.7 cm³/mol. The number of phenols is 1.